The van der Waals surface area contributed by atoms with Crippen molar-refractivity contribution in [1.29, 1.82) is 0 Å². The predicted molar refractivity (Wildman–Crippen MR) is 86.7 cm³/mol. The van der Waals surface area contributed by atoms with Crippen LogP contribution in [0.25, 0.3) is 0 Å². The highest BCUT2D eigenvalue weighted by atomic mass is 15.1. The van der Waals surface area contributed by atoms with Gasteiger partial charge in [-0.05, 0) is 31.9 Å². The van der Waals surface area contributed by atoms with E-state index in [9.17, 15) is 0 Å². The zero-order chi connectivity index (χ0) is 15.1. The number of pyridine rings is 1. The van der Waals surface area contributed by atoms with Crippen LogP contribution < -0.4 is 10.6 Å². The van der Waals surface area contributed by atoms with Gasteiger partial charge < -0.3 is 10.6 Å². The van der Waals surface area contributed by atoms with E-state index in [4.69, 9.17) is 0 Å². The summed E-state index contributed by atoms with van der Waals surface area (Å²) in [5, 5.41) is 6.71. The van der Waals surface area contributed by atoms with E-state index in [2.05, 4.69) is 45.5 Å². The molecule has 5 heteroatoms. The van der Waals surface area contributed by atoms with E-state index in [1.54, 1.807) is 6.20 Å². The van der Waals surface area contributed by atoms with Gasteiger partial charge in [0.05, 0.1) is 0 Å². The summed E-state index contributed by atoms with van der Waals surface area (Å²) in [5.74, 6) is 2.70. The third-order valence-electron chi connectivity index (χ3n) is 3.28. The van der Waals surface area contributed by atoms with E-state index in [1.807, 2.05) is 19.2 Å². The van der Waals surface area contributed by atoms with Crippen molar-refractivity contribution in [3.8, 4) is 0 Å². The Labute approximate surface area is 126 Å². The number of nitrogens with one attached hydrogen (secondary N) is 2. The summed E-state index contributed by atoms with van der Waals surface area (Å²) in [7, 11) is 0. The molecule has 0 aliphatic rings. The smallest absolute Gasteiger partial charge is 0.134 e. The van der Waals surface area contributed by atoms with Crippen LogP contribution in [0, 0.1) is 6.92 Å². The Bertz CT molecular complexity index is 568. The lowest BCUT2D eigenvalue weighted by atomic mass is 10.2. The maximum Gasteiger partial charge on any atom is 0.134 e. The molecule has 0 unspecified atom stereocenters. The van der Waals surface area contributed by atoms with E-state index < -0.39 is 0 Å². The van der Waals surface area contributed by atoms with E-state index in [0.717, 1.165) is 49.0 Å². The van der Waals surface area contributed by atoms with Crippen molar-refractivity contribution in [3.05, 3.63) is 41.5 Å². The van der Waals surface area contributed by atoms with Gasteiger partial charge in [0.25, 0.3) is 0 Å². The number of anilines is 2. The zero-order valence-corrected chi connectivity index (χ0v) is 13.0. The Kier molecular flexibility index (Phi) is 5.49. The van der Waals surface area contributed by atoms with Crippen LogP contribution in [0.5, 0.6) is 0 Å². The molecule has 0 aliphatic carbocycles. The fraction of sp³-hybridized carbons (Fsp3) is 0.438. The quantitative estimate of drug-likeness (QED) is 0.819. The Hall–Kier alpha value is -2.17. The van der Waals surface area contributed by atoms with Gasteiger partial charge in [0.2, 0.25) is 0 Å². The Morgan fingerprint density at radius 2 is 1.86 bits per heavy atom. The van der Waals surface area contributed by atoms with Gasteiger partial charge in [0.15, 0.2) is 0 Å². The van der Waals surface area contributed by atoms with Crippen molar-refractivity contribution in [2.75, 3.05) is 23.7 Å². The molecule has 0 fully saturated rings. The molecule has 112 valence electrons. The number of nitrogens with zero attached hydrogens (tertiary/aromatic N) is 3. The number of aromatic nitrogens is 3. The standard InChI is InChI=1S/C16H23N5/c1-4-14-20-15(18-5-2)12(3)16(21-14)19-10-8-13-7-6-9-17-11-13/h6-7,9,11H,4-5,8,10H2,1-3H3,(H2,18,19,20,21). The highest BCUT2D eigenvalue weighted by Gasteiger charge is 2.09. The van der Waals surface area contributed by atoms with Crippen molar-refractivity contribution < 1.29 is 0 Å². The molecule has 2 N–H and O–H groups in total. The summed E-state index contributed by atoms with van der Waals surface area (Å²) in [6, 6.07) is 4.05. The Balaban J connectivity index is 2.06. The van der Waals surface area contributed by atoms with Crippen molar-refractivity contribution >= 4 is 11.6 Å². The van der Waals surface area contributed by atoms with Crippen LogP contribution in [0.3, 0.4) is 0 Å². The lowest BCUT2D eigenvalue weighted by molar-refractivity contribution is 0.911. The molecular weight excluding hydrogens is 262 g/mol. The Morgan fingerprint density at radius 3 is 2.48 bits per heavy atom. The lowest BCUT2D eigenvalue weighted by Gasteiger charge is -2.14. The van der Waals surface area contributed by atoms with Crippen molar-refractivity contribution in [2.45, 2.75) is 33.6 Å². The molecule has 0 bridgehead atoms. The maximum atomic E-state index is 4.59. The van der Waals surface area contributed by atoms with Gasteiger partial charge in [-0.3, -0.25) is 4.98 Å². The van der Waals surface area contributed by atoms with E-state index in [0.29, 0.717) is 0 Å². The number of hydrogen-bond acceptors (Lipinski definition) is 5. The summed E-state index contributed by atoms with van der Waals surface area (Å²) in [5.41, 5.74) is 2.29. The first kappa shape index (κ1) is 15.2. The van der Waals surface area contributed by atoms with Gasteiger partial charge in [-0.1, -0.05) is 13.0 Å². The predicted octanol–water partition coefficient (Wildman–Crippen LogP) is 2.83. The van der Waals surface area contributed by atoms with E-state index >= 15 is 0 Å². The first-order valence-electron chi connectivity index (χ1n) is 7.48. The molecule has 0 saturated heterocycles. The van der Waals surface area contributed by atoms with Gasteiger partial charge in [-0.15, -0.1) is 0 Å². The monoisotopic (exact) mass is 285 g/mol. The summed E-state index contributed by atoms with van der Waals surface area (Å²) < 4.78 is 0. The van der Waals surface area contributed by atoms with Gasteiger partial charge in [-0.25, -0.2) is 9.97 Å². The second-order valence-corrected chi connectivity index (χ2v) is 4.88. The fourth-order valence-electron chi connectivity index (χ4n) is 2.10. The minimum Gasteiger partial charge on any atom is -0.370 e. The molecule has 2 heterocycles. The highest BCUT2D eigenvalue weighted by molar-refractivity contribution is 5.57. The van der Waals surface area contributed by atoms with E-state index in [1.165, 1.54) is 5.56 Å². The highest BCUT2D eigenvalue weighted by Crippen LogP contribution is 2.20. The van der Waals surface area contributed by atoms with Crippen LogP contribution in [-0.2, 0) is 12.8 Å². The summed E-state index contributed by atoms with van der Waals surface area (Å²) in [6.45, 7) is 7.88. The molecule has 0 saturated carbocycles. The summed E-state index contributed by atoms with van der Waals surface area (Å²) in [6.07, 6.45) is 5.45. The average Bonchev–Trinajstić information content (AvgIpc) is 2.52. The normalized spacial score (nSPS) is 10.4. The second kappa shape index (κ2) is 7.57. The molecule has 2 aromatic rings. The first-order valence-corrected chi connectivity index (χ1v) is 7.48. The van der Waals surface area contributed by atoms with Crippen LogP contribution in [0.1, 0.15) is 30.8 Å². The molecule has 2 rings (SSSR count). The molecule has 0 radical (unpaired) electrons. The number of aryl methyl sites for hydroxylation is 1. The topological polar surface area (TPSA) is 62.7 Å². The average molecular weight is 285 g/mol. The van der Waals surface area contributed by atoms with Gasteiger partial charge in [0, 0.05) is 37.5 Å². The van der Waals surface area contributed by atoms with Gasteiger partial charge in [0.1, 0.15) is 17.5 Å². The Morgan fingerprint density at radius 1 is 1.10 bits per heavy atom. The maximum absolute atomic E-state index is 4.59. The van der Waals surface area contributed by atoms with Crippen LogP contribution in [-0.4, -0.2) is 28.0 Å². The van der Waals surface area contributed by atoms with Crippen LogP contribution >= 0.6 is 0 Å². The fourth-order valence-corrected chi connectivity index (χ4v) is 2.10. The van der Waals surface area contributed by atoms with Gasteiger partial charge in [-0.2, -0.15) is 0 Å². The van der Waals surface area contributed by atoms with Crippen molar-refractivity contribution in [1.82, 2.24) is 15.0 Å². The third-order valence-corrected chi connectivity index (χ3v) is 3.28. The van der Waals surface area contributed by atoms with E-state index in [-0.39, 0.29) is 0 Å². The number of hydrogen-bond donors (Lipinski definition) is 2. The second-order valence-electron chi connectivity index (χ2n) is 4.88. The largest absolute Gasteiger partial charge is 0.370 e. The molecule has 0 aromatic carbocycles. The zero-order valence-electron chi connectivity index (χ0n) is 13.0. The molecule has 0 spiro atoms. The summed E-state index contributed by atoms with van der Waals surface area (Å²) >= 11 is 0. The summed E-state index contributed by atoms with van der Waals surface area (Å²) in [4.78, 5) is 13.3. The molecule has 0 atom stereocenters. The SMILES string of the molecule is CCNc1nc(CC)nc(NCCc2cccnc2)c1C. The molecule has 5 nitrogen and oxygen atoms in total. The third kappa shape index (κ3) is 4.15. The molecule has 2 aromatic heterocycles. The lowest BCUT2D eigenvalue weighted by Crippen LogP contribution is -2.12. The van der Waals surface area contributed by atoms with Crippen LogP contribution in [0.4, 0.5) is 11.6 Å². The first-order chi connectivity index (χ1) is 10.2. The van der Waals surface area contributed by atoms with Crippen LogP contribution in [0.15, 0.2) is 24.5 Å². The molecule has 0 aliphatic heterocycles. The van der Waals surface area contributed by atoms with Crippen LogP contribution in [0.2, 0.25) is 0 Å². The van der Waals surface area contributed by atoms with Crippen molar-refractivity contribution in [2.24, 2.45) is 0 Å². The van der Waals surface area contributed by atoms with Gasteiger partial charge >= 0.3 is 0 Å². The molecule has 0 amide bonds. The molecular formula is C16H23N5. The minimum absolute atomic E-state index is 0.829. The van der Waals surface area contributed by atoms with Crippen molar-refractivity contribution in [3.63, 3.8) is 0 Å². The number of rotatable bonds is 7. The minimum atomic E-state index is 0.829. The molecule has 21 heavy (non-hydrogen) atoms.